The van der Waals surface area contributed by atoms with Crippen molar-refractivity contribution in [1.82, 2.24) is 4.90 Å². The molecule has 0 radical (unpaired) electrons. The van der Waals surface area contributed by atoms with Crippen LogP contribution in [-0.2, 0) is 4.79 Å². The van der Waals surface area contributed by atoms with Crippen LogP contribution in [0.3, 0.4) is 0 Å². The lowest BCUT2D eigenvalue weighted by Gasteiger charge is -2.21. The van der Waals surface area contributed by atoms with Crippen molar-refractivity contribution in [2.45, 2.75) is 25.5 Å². The maximum atomic E-state index is 12.4. The summed E-state index contributed by atoms with van der Waals surface area (Å²) in [6.07, 6.45) is -1.03. The molecule has 0 saturated carbocycles. The summed E-state index contributed by atoms with van der Waals surface area (Å²) >= 11 is 0. The number of carboxylic acid groups (broad SMARTS) is 1. The monoisotopic (exact) mass is 294 g/mol. The molecule has 1 amide bonds. The van der Waals surface area contributed by atoms with Gasteiger partial charge in [-0.3, -0.25) is 14.9 Å². The van der Waals surface area contributed by atoms with Gasteiger partial charge in [0.2, 0.25) is 0 Å². The average Bonchev–Trinajstić information content (AvgIpc) is 2.79. The van der Waals surface area contributed by atoms with Gasteiger partial charge in [-0.2, -0.15) is 0 Å². The normalized spacial score (nSPS) is 21.3. The summed E-state index contributed by atoms with van der Waals surface area (Å²) in [5.41, 5.74) is 0.104. The number of amides is 1. The number of carboxylic acids is 1. The first-order valence-electron chi connectivity index (χ1n) is 6.28. The number of rotatable bonds is 3. The van der Waals surface area contributed by atoms with Crippen molar-refractivity contribution in [2.75, 3.05) is 6.54 Å². The van der Waals surface area contributed by atoms with Crippen LogP contribution in [0.2, 0.25) is 0 Å². The largest absolute Gasteiger partial charge is 0.480 e. The third kappa shape index (κ3) is 2.84. The summed E-state index contributed by atoms with van der Waals surface area (Å²) < 4.78 is 0. The molecule has 2 rings (SSSR count). The van der Waals surface area contributed by atoms with Crippen LogP contribution in [0.1, 0.15) is 22.3 Å². The molecule has 8 heteroatoms. The SMILES string of the molecule is Cc1ccc([N+](=O)[O-])c(C(=O)N2C[C@@H](O)C[C@H]2C(=O)O)c1. The van der Waals surface area contributed by atoms with Crippen molar-refractivity contribution in [3.8, 4) is 0 Å². The Kier molecular flexibility index (Phi) is 3.90. The van der Waals surface area contributed by atoms with Crippen molar-refractivity contribution in [3.63, 3.8) is 0 Å². The first kappa shape index (κ1) is 14.9. The Balaban J connectivity index is 2.42. The Morgan fingerprint density at radius 2 is 2.10 bits per heavy atom. The number of benzene rings is 1. The van der Waals surface area contributed by atoms with Crippen LogP contribution < -0.4 is 0 Å². The molecule has 1 saturated heterocycles. The molecule has 2 N–H and O–H groups in total. The fourth-order valence-electron chi connectivity index (χ4n) is 2.41. The van der Waals surface area contributed by atoms with Gasteiger partial charge in [-0.05, 0) is 18.6 Å². The Hall–Kier alpha value is -2.48. The van der Waals surface area contributed by atoms with Crippen molar-refractivity contribution in [3.05, 3.63) is 39.4 Å². The molecule has 8 nitrogen and oxygen atoms in total. The van der Waals surface area contributed by atoms with E-state index in [-0.39, 0.29) is 24.2 Å². The highest BCUT2D eigenvalue weighted by Crippen LogP contribution is 2.26. The van der Waals surface area contributed by atoms with E-state index in [4.69, 9.17) is 5.11 Å². The number of β-amino-alcohol motifs (C(OH)–C–C–N with tert-alkyl or cyclic N) is 1. The van der Waals surface area contributed by atoms with E-state index < -0.39 is 28.9 Å². The molecular formula is C13H14N2O6. The lowest BCUT2D eigenvalue weighted by Crippen LogP contribution is -2.40. The first-order valence-corrected chi connectivity index (χ1v) is 6.28. The zero-order valence-corrected chi connectivity index (χ0v) is 11.2. The van der Waals surface area contributed by atoms with Gasteiger partial charge < -0.3 is 15.1 Å². The number of nitro benzene ring substituents is 1. The average molecular weight is 294 g/mol. The number of aliphatic carboxylic acids is 1. The number of nitro groups is 1. The lowest BCUT2D eigenvalue weighted by molar-refractivity contribution is -0.385. The van der Waals surface area contributed by atoms with Gasteiger partial charge in [0.15, 0.2) is 0 Å². The number of likely N-dealkylation sites (tertiary alicyclic amines) is 1. The molecule has 1 aromatic rings. The van der Waals surface area contributed by atoms with E-state index in [0.717, 1.165) is 4.90 Å². The predicted octanol–water partition coefficient (Wildman–Crippen LogP) is 0.563. The topological polar surface area (TPSA) is 121 Å². The van der Waals surface area contributed by atoms with Crippen LogP contribution >= 0.6 is 0 Å². The maximum absolute atomic E-state index is 12.4. The molecule has 1 aliphatic rings. The van der Waals surface area contributed by atoms with E-state index in [1.807, 2.05) is 0 Å². The Morgan fingerprint density at radius 3 is 2.67 bits per heavy atom. The number of aliphatic hydroxyl groups excluding tert-OH is 1. The van der Waals surface area contributed by atoms with Crippen LogP contribution in [-0.4, -0.2) is 50.6 Å². The van der Waals surface area contributed by atoms with E-state index in [1.54, 1.807) is 6.92 Å². The summed E-state index contributed by atoms with van der Waals surface area (Å²) in [6.45, 7) is 1.52. The molecule has 112 valence electrons. The van der Waals surface area contributed by atoms with Gasteiger partial charge in [-0.25, -0.2) is 4.79 Å². The number of hydrogen-bond acceptors (Lipinski definition) is 5. The molecule has 2 atom stereocenters. The van der Waals surface area contributed by atoms with Crippen molar-refractivity contribution in [1.29, 1.82) is 0 Å². The van der Waals surface area contributed by atoms with Crippen LogP contribution in [0.5, 0.6) is 0 Å². The second kappa shape index (κ2) is 5.49. The van der Waals surface area contributed by atoms with E-state index in [2.05, 4.69) is 0 Å². The van der Waals surface area contributed by atoms with Crippen LogP contribution in [0.25, 0.3) is 0 Å². The number of nitrogens with zero attached hydrogens (tertiary/aromatic N) is 2. The van der Waals surface area contributed by atoms with Gasteiger partial charge in [-0.1, -0.05) is 6.07 Å². The predicted molar refractivity (Wildman–Crippen MR) is 70.9 cm³/mol. The maximum Gasteiger partial charge on any atom is 0.326 e. The molecule has 0 aliphatic carbocycles. The van der Waals surface area contributed by atoms with Gasteiger partial charge in [-0.15, -0.1) is 0 Å². The third-order valence-corrected chi connectivity index (χ3v) is 3.40. The molecular weight excluding hydrogens is 280 g/mol. The quantitative estimate of drug-likeness (QED) is 0.620. The van der Waals surface area contributed by atoms with Gasteiger partial charge in [0.05, 0.1) is 11.0 Å². The standard InChI is InChI=1S/C13H14N2O6/c1-7-2-3-10(15(20)21)9(4-7)12(17)14-6-8(16)5-11(14)13(18)19/h2-4,8,11,16H,5-6H2,1H3,(H,18,19)/t8-,11-/m0/s1. The second-order valence-corrected chi connectivity index (χ2v) is 4.98. The molecule has 1 fully saturated rings. The summed E-state index contributed by atoms with van der Waals surface area (Å²) in [4.78, 5) is 34.9. The number of aliphatic hydroxyl groups is 1. The molecule has 1 aliphatic heterocycles. The van der Waals surface area contributed by atoms with Gasteiger partial charge in [0.25, 0.3) is 11.6 Å². The van der Waals surface area contributed by atoms with E-state index >= 15 is 0 Å². The lowest BCUT2D eigenvalue weighted by atomic mass is 10.1. The Morgan fingerprint density at radius 1 is 1.43 bits per heavy atom. The Labute approximate surface area is 119 Å². The van der Waals surface area contributed by atoms with Gasteiger partial charge in [0, 0.05) is 19.0 Å². The Bertz CT molecular complexity index is 615. The molecule has 0 bridgehead atoms. The fraction of sp³-hybridized carbons (Fsp3) is 0.385. The zero-order chi connectivity index (χ0) is 15.7. The third-order valence-electron chi connectivity index (χ3n) is 3.40. The number of carbonyl (C=O) groups is 2. The molecule has 0 unspecified atom stereocenters. The highest BCUT2D eigenvalue weighted by molar-refractivity contribution is 6.00. The summed E-state index contributed by atoms with van der Waals surface area (Å²) in [5, 5.41) is 29.6. The zero-order valence-electron chi connectivity index (χ0n) is 11.2. The number of aryl methyl sites for hydroxylation is 1. The van der Waals surface area contributed by atoms with E-state index in [0.29, 0.717) is 5.56 Å². The summed E-state index contributed by atoms with van der Waals surface area (Å²) in [6, 6.07) is 2.89. The first-order chi connectivity index (χ1) is 9.81. The highest BCUT2D eigenvalue weighted by atomic mass is 16.6. The summed E-state index contributed by atoms with van der Waals surface area (Å²) in [5.74, 6) is -2.00. The fourth-order valence-corrected chi connectivity index (χ4v) is 2.41. The molecule has 21 heavy (non-hydrogen) atoms. The second-order valence-electron chi connectivity index (χ2n) is 4.98. The molecule has 0 spiro atoms. The minimum Gasteiger partial charge on any atom is -0.480 e. The number of carbonyl (C=O) groups excluding carboxylic acids is 1. The minimum absolute atomic E-state index is 0.0827. The van der Waals surface area contributed by atoms with Gasteiger partial charge >= 0.3 is 5.97 Å². The smallest absolute Gasteiger partial charge is 0.326 e. The van der Waals surface area contributed by atoms with Crippen molar-refractivity contribution < 1.29 is 24.7 Å². The van der Waals surface area contributed by atoms with E-state index in [1.165, 1.54) is 18.2 Å². The van der Waals surface area contributed by atoms with Gasteiger partial charge in [0.1, 0.15) is 11.6 Å². The molecule has 0 aromatic heterocycles. The molecule has 1 aromatic carbocycles. The van der Waals surface area contributed by atoms with E-state index in [9.17, 15) is 24.8 Å². The van der Waals surface area contributed by atoms with Crippen LogP contribution in [0.4, 0.5) is 5.69 Å². The molecule has 1 heterocycles. The minimum atomic E-state index is -1.24. The summed E-state index contributed by atoms with van der Waals surface area (Å²) in [7, 11) is 0. The highest BCUT2D eigenvalue weighted by Gasteiger charge is 2.40. The van der Waals surface area contributed by atoms with Crippen LogP contribution in [0, 0.1) is 17.0 Å². The van der Waals surface area contributed by atoms with Crippen molar-refractivity contribution in [2.24, 2.45) is 0 Å². The van der Waals surface area contributed by atoms with Crippen LogP contribution in [0.15, 0.2) is 18.2 Å². The van der Waals surface area contributed by atoms with Crippen molar-refractivity contribution >= 4 is 17.6 Å². The number of hydrogen-bond donors (Lipinski definition) is 2.